The van der Waals surface area contributed by atoms with Gasteiger partial charge in [-0.25, -0.2) is 9.97 Å². The molecule has 0 fully saturated rings. The van der Waals surface area contributed by atoms with Crippen molar-refractivity contribution in [3.05, 3.63) is 75.1 Å². The van der Waals surface area contributed by atoms with E-state index in [0.29, 0.717) is 0 Å². The zero-order valence-corrected chi connectivity index (χ0v) is 15.3. The number of rotatable bonds is 5. The predicted octanol–water partition coefficient (Wildman–Crippen LogP) is 5.10. The van der Waals surface area contributed by atoms with E-state index < -0.39 is 0 Å². The summed E-state index contributed by atoms with van der Waals surface area (Å²) < 4.78 is 0. The molecule has 4 rings (SSSR count). The molecule has 4 aromatic rings. The van der Waals surface area contributed by atoms with Crippen LogP contribution in [0.2, 0.25) is 0 Å². The monoisotopic (exact) mass is 364 g/mol. The minimum absolute atomic E-state index is 0.742. The lowest BCUT2D eigenvalue weighted by molar-refractivity contribution is 1.19. The molecule has 0 aliphatic rings. The molecule has 0 unspecified atom stereocenters. The van der Waals surface area contributed by atoms with E-state index in [-0.39, 0.29) is 0 Å². The molecule has 0 saturated carbocycles. The second kappa shape index (κ2) is 7.13. The van der Waals surface area contributed by atoms with Crippen LogP contribution in [0.15, 0.2) is 59.3 Å². The van der Waals surface area contributed by atoms with Crippen LogP contribution in [-0.2, 0) is 6.42 Å². The molecule has 3 heterocycles. The first-order valence-corrected chi connectivity index (χ1v) is 9.60. The van der Waals surface area contributed by atoms with Gasteiger partial charge >= 0.3 is 0 Å². The number of hydrazone groups is 1. The smallest absolute Gasteiger partial charge is 0.158 e. The van der Waals surface area contributed by atoms with Gasteiger partial charge in [0.15, 0.2) is 5.82 Å². The van der Waals surface area contributed by atoms with Crippen LogP contribution in [-0.4, -0.2) is 16.2 Å². The van der Waals surface area contributed by atoms with E-state index in [2.05, 4.69) is 69.2 Å². The SMILES string of the molecule is Cc1ccsc1C=NNc1ncnc2sc(Cc3ccccc3)cc12. The molecular formula is C19H16N4S2. The summed E-state index contributed by atoms with van der Waals surface area (Å²) in [5.74, 6) is 0.742. The van der Waals surface area contributed by atoms with Gasteiger partial charge in [-0.1, -0.05) is 30.3 Å². The standard InChI is InChI=1S/C19H16N4S2/c1-13-7-8-24-17(13)11-22-23-18-16-10-15(25-19(16)21-12-20-18)9-14-5-3-2-4-6-14/h2-8,10-12H,9H2,1H3,(H,20,21,23). The van der Waals surface area contributed by atoms with Crippen molar-refractivity contribution in [2.75, 3.05) is 5.43 Å². The average Bonchev–Trinajstić information content (AvgIpc) is 3.22. The van der Waals surface area contributed by atoms with Gasteiger partial charge in [-0.15, -0.1) is 22.7 Å². The summed E-state index contributed by atoms with van der Waals surface area (Å²) in [6.07, 6.45) is 4.32. The Labute approximate surface area is 153 Å². The maximum Gasteiger partial charge on any atom is 0.158 e. The summed E-state index contributed by atoms with van der Waals surface area (Å²) in [5.41, 5.74) is 5.58. The highest BCUT2D eigenvalue weighted by Gasteiger charge is 2.09. The Hall–Kier alpha value is -2.57. The average molecular weight is 364 g/mol. The summed E-state index contributed by atoms with van der Waals surface area (Å²) >= 11 is 3.37. The lowest BCUT2D eigenvalue weighted by Crippen LogP contribution is -1.94. The topological polar surface area (TPSA) is 50.2 Å². The Morgan fingerprint density at radius 3 is 2.84 bits per heavy atom. The fourth-order valence-electron chi connectivity index (χ4n) is 2.55. The predicted molar refractivity (Wildman–Crippen MR) is 107 cm³/mol. The Balaban J connectivity index is 1.57. The van der Waals surface area contributed by atoms with Crippen LogP contribution in [0.4, 0.5) is 5.82 Å². The van der Waals surface area contributed by atoms with Gasteiger partial charge in [0.05, 0.1) is 11.6 Å². The Morgan fingerprint density at radius 1 is 1.16 bits per heavy atom. The van der Waals surface area contributed by atoms with Crippen molar-refractivity contribution in [2.45, 2.75) is 13.3 Å². The molecule has 0 spiro atoms. The number of aromatic nitrogens is 2. The first-order valence-electron chi connectivity index (χ1n) is 7.90. The molecule has 3 aromatic heterocycles. The molecule has 0 amide bonds. The molecule has 1 N–H and O–H groups in total. The summed E-state index contributed by atoms with van der Waals surface area (Å²) in [5, 5.41) is 7.41. The van der Waals surface area contributed by atoms with E-state index >= 15 is 0 Å². The van der Waals surface area contributed by atoms with E-state index in [1.807, 2.05) is 12.3 Å². The van der Waals surface area contributed by atoms with Gasteiger partial charge in [-0.2, -0.15) is 5.10 Å². The van der Waals surface area contributed by atoms with E-state index in [1.165, 1.54) is 16.0 Å². The van der Waals surface area contributed by atoms with Crippen molar-refractivity contribution in [1.29, 1.82) is 0 Å². The number of hydrogen-bond acceptors (Lipinski definition) is 6. The molecular weight excluding hydrogens is 348 g/mol. The van der Waals surface area contributed by atoms with E-state index in [4.69, 9.17) is 0 Å². The van der Waals surface area contributed by atoms with Crippen molar-refractivity contribution in [3.8, 4) is 0 Å². The van der Waals surface area contributed by atoms with Crippen LogP contribution < -0.4 is 5.43 Å². The summed E-state index contributed by atoms with van der Waals surface area (Å²) in [6, 6.07) is 14.7. The van der Waals surface area contributed by atoms with Gasteiger partial charge in [-0.05, 0) is 35.6 Å². The van der Waals surface area contributed by atoms with Crippen LogP contribution in [0.1, 0.15) is 20.9 Å². The number of nitrogens with one attached hydrogen (secondary N) is 1. The quantitative estimate of drug-likeness (QED) is 0.396. The largest absolute Gasteiger partial charge is 0.261 e. The molecule has 124 valence electrons. The molecule has 0 bridgehead atoms. The van der Waals surface area contributed by atoms with Crippen molar-refractivity contribution in [3.63, 3.8) is 0 Å². The van der Waals surface area contributed by atoms with Gasteiger partial charge in [0.25, 0.3) is 0 Å². The zero-order chi connectivity index (χ0) is 17.1. The third-order valence-corrected chi connectivity index (χ3v) is 5.85. The first-order chi connectivity index (χ1) is 12.3. The van der Waals surface area contributed by atoms with Gasteiger partial charge in [0.2, 0.25) is 0 Å². The van der Waals surface area contributed by atoms with Gasteiger partial charge in [0, 0.05) is 16.2 Å². The van der Waals surface area contributed by atoms with Gasteiger partial charge < -0.3 is 0 Å². The van der Waals surface area contributed by atoms with Crippen LogP contribution >= 0.6 is 22.7 Å². The Bertz CT molecular complexity index is 1020. The zero-order valence-electron chi connectivity index (χ0n) is 13.6. The maximum absolute atomic E-state index is 4.39. The van der Waals surface area contributed by atoms with Crippen molar-refractivity contribution in [2.24, 2.45) is 5.10 Å². The van der Waals surface area contributed by atoms with Gasteiger partial charge in [0.1, 0.15) is 11.2 Å². The summed E-state index contributed by atoms with van der Waals surface area (Å²) in [7, 11) is 0. The number of anilines is 1. The van der Waals surface area contributed by atoms with Crippen molar-refractivity contribution in [1.82, 2.24) is 9.97 Å². The molecule has 0 radical (unpaired) electrons. The number of fused-ring (bicyclic) bond motifs is 1. The minimum atomic E-state index is 0.742. The minimum Gasteiger partial charge on any atom is -0.261 e. The molecule has 6 heteroatoms. The number of thiophene rings is 2. The molecule has 25 heavy (non-hydrogen) atoms. The van der Waals surface area contributed by atoms with Crippen LogP contribution in [0.3, 0.4) is 0 Å². The highest BCUT2D eigenvalue weighted by molar-refractivity contribution is 7.18. The van der Waals surface area contributed by atoms with Crippen molar-refractivity contribution >= 4 is 44.9 Å². The van der Waals surface area contributed by atoms with E-state index in [0.717, 1.165) is 27.3 Å². The lowest BCUT2D eigenvalue weighted by atomic mass is 10.1. The molecule has 0 aliphatic carbocycles. The fraction of sp³-hybridized carbons (Fsp3) is 0.105. The normalized spacial score (nSPS) is 11.4. The maximum atomic E-state index is 4.39. The van der Waals surface area contributed by atoms with Crippen LogP contribution in [0.25, 0.3) is 10.2 Å². The lowest BCUT2D eigenvalue weighted by Gasteiger charge is -1.99. The van der Waals surface area contributed by atoms with Crippen LogP contribution in [0.5, 0.6) is 0 Å². The van der Waals surface area contributed by atoms with Crippen LogP contribution in [0, 0.1) is 6.92 Å². The molecule has 0 saturated heterocycles. The number of nitrogens with zero attached hydrogens (tertiary/aromatic N) is 3. The van der Waals surface area contributed by atoms with Gasteiger partial charge in [-0.3, -0.25) is 5.43 Å². The fourth-order valence-corrected chi connectivity index (χ4v) is 4.36. The number of aryl methyl sites for hydroxylation is 1. The second-order valence-electron chi connectivity index (χ2n) is 5.65. The van der Waals surface area contributed by atoms with E-state index in [1.54, 1.807) is 29.0 Å². The second-order valence-corrected chi connectivity index (χ2v) is 7.72. The first kappa shape index (κ1) is 15.9. The van der Waals surface area contributed by atoms with E-state index in [9.17, 15) is 0 Å². The highest BCUT2D eigenvalue weighted by atomic mass is 32.1. The third kappa shape index (κ3) is 3.60. The number of benzene rings is 1. The third-order valence-electron chi connectivity index (χ3n) is 3.86. The highest BCUT2D eigenvalue weighted by Crippen LogP contribution is 2.29. The summed E-state index contributed by atoms with van der Waals surface area (Å²) in [6.45, 7) is 2.08. The Morgan fingerprint density at radius 2 is 2.04 bits per heavy atom. The molecule has 4 nitrogen and oxygen atoms in total. The molecule has 1 aromatic carbocycles. The summed E-state index contributed by atoms with van der Waals surface area (Å²) in [4.78, 5) is 12.1. The molecule has 0 atom stereocenters. The molecule has 0 aliphatic heterocycles. The Kier molecular flexibility index (Phi) is 4.54. The number of hydrogen-bond donors (Lipinski definition) is 1. The van der Waals surface area contributed by atoms with Crippen molar-refractivity contribution < 1.29 is 0 Å².